The molecule has 0 saturated carbocycles. The fraction of sp³-hybridized carbons (Fsp3) is 0. The van der Waals surface area contributed by atoms with Crippen LogP contribution in [-0.2, 0) is 0 Å². The van der Waals surface area contributed by atoms with E-state index in [1.54, 1.807) is 6.20 Å². The molecule has 0 amide bonds. The molecule has 0 aliphatic carbocycles. The molecule has 2 rings (SSSR count). The van der Waals surface area contributed by atoms with Crippen molar-refractivity contribution in [1.29, 1.82) is 0 Å². The Morgan fingerprint density at radius 1 is 1.46 bits per heavy atom. The molecule has 5 heteroatoms. The molecule has 1 N–H and O–H groups in total. The van der Waals surface area contributed by atoms with Gasteiger partial charge in [0.15, 0.2) is 6.20 Å². The van der Waals surface area contributed by atoms with Gasteiger partial charge in [-0.2, -0.15) is 4.39 Å². The quantitative estimate of drug-likeness (QED) is 0.622. The molecule has 0 saturated heterocycles. The zero-order chi connectivity index (χ0) is 9.26. The summed E-state index contributed by atoms with van der Waals surface area (Å²) in [5.41, 5.74) is 0.414. The fourth-order valence-corrected chi connectivity index (χ4v) is 1.10. The monoisotopic (exact) mass is 178 g/mol. The van der Waals surface area contributed by atoms with E-state index in [2.05, 4.69) is 15.1 Å². The van der Waals surface area contributed by atoms with E-state index in [1.165, 1.54) is 18.5 Å². The van der Waals surface area contributed by atoms with Gasteiger partial charge < -0.3 is 0 Å². The summed E-state index contributed by atoms with van der Waals surface area (Å²) in [5.74, 6) is -0.449. The molecule has 0 atom stereocenters. The SMILES string of the molecule is O=Nc1cnc2c(F)c[nH+]cc2c1. The first kappa shape index (κ1) is 7.72. The second kappa shape index (κ2) is 2.85. The Balaban J connectivity index is 2.79. The van der Waals surface area contributed by atoms with E-state index in [9.17, 15) is 9.30 Å². The molecule has 13 heavy (non-hydrogen) atoms. The highest BCUT2D eigenvalue weighted by Crippen LogP contribution is 2.18. The van der Waals surface area contributed by atoms with Crippen LogP contribution >= 0.6 is 0 Å². The van der Waals surface area contributed by atoms with Gasteiger partial charge in [0.1, 0.15) is 11.2 Å². The Morgan fingerprint density at radius 2 is 2.31 bits per heavy atom. The largest absolute Gasteiger partial charge is 0.250 e. The molecular formula is C8H5FN3O+. The number of pyridine rings is 2. The molecule has 0 aliphatic heterocycles. The van der Waals surface area contributed by atoms with E-state index >= 15 is 0 Å². The van der Waals surface area contributed by atoms with Crippen LogP contribution in [-0.4, -0.2) is 4.98 Å². The predicted octanol–water partition coefficient (Wildman–Crippen LogP) is 1.59. The van der Waals surface area contributed by atoms with Crippen LogP contribution in [0, 0.1) is 10.7 Å². The van der Waals surface area contributed by atoms with Gasteiger partial charge in [-0.1, -0.05) is 0 Å². The van der Waals surface area contributed by atoms with E-state index in [4.69, 9.17) is 0 Å². The summed E-state index contributed by atoms with van der Waals surface area (Å²) in [6, 6.07) is 1.47. The first-order valence-electron chi connectivity index (χ1n) is 3.60. The lowest BCUT2D eigenvalue weighted by molar-refractivity contribution is -0.378. The molecule has 0 spiro atoms. The molecule has 0 fully saturated rings. The summed E-state index contributed by atoms with van der Waals surface area (Å²) in [7, 11) is 0. The highest BCUT2D eigenvalue weighted by atomic mass is 19.1. The van der Waals surface area contributed by atoms with Crippen molar-refractivity contribution in [3.8, 4) is 0 Å². The fourth-order valence-electron chi connectivity index (χ4n) is 1.10. The molecule has 64 valence electrons. The summed E-state index contributed by atoms with van der Waals surface area (Å²) in [6.07, 6.45) is 3.99. The number of hydrogen-bond acceptors (Lipinski definition) is 3. The summed E-state index contributed by atoms with van der Waals surface area (Å²) >= 11 is 0. The number of halogens is 1. The minimum absolute atomic E-state index is 0.187. The van der Waals surface area contributed by atoms with Crippen molar-refractivity contribution in [3.05, 3.63) is 35.4 Å². The van der Waals surface area contributed by atoms with E-state index in [0.717, 1.165) is 0 Å². The number of hydrogen-bond donors (Lipinski definition) is 0. The van der Waals surface area contributed by atoms with Gasteiger partial charge in [-0.3, -0.25) is 4.98 Å². The maximum absolute atomic E-state index is 13.0. The van der Waals surface area contributed by atoms with Gasteiger partial charge in [0.25, 0.3) is 0 Å². The number of nitroso groups, excluding NO2 is 1. The van der Waals surface area contributed by atoms with Crippen molar-refractivity contribution in [2.45, 2.75) is 0 Å². The van der Waals surface area contributed by atoms with Gasteiger partial charge in [0.2, 0.25) is 12.0 Å². The number of aromatic nitrogens is 2. The topological polar surface area (TPSA) is 56.5 Å². The average molecular weight is 178 g/mol. The molecule has 2 heterocycles. The Morgan fingerprint density at radius 3 is 3.08 bits per heavy atom. The van der Waals surface area contributed by atoms with Crippen LogP contribution in [0.2, 0.25) is 0 Å². The molecule has 0 bridgehead atoms. The third-order valence-corrected chi connectivity index (χ3v) is 1.68. The standard InChI is InChI=1S/C8H4FN3O/c9-7-4-10-2-5-1-6(12-13)3-11-8(5)7/h1-4H/p+1. The second-order valence-electron chi connectivity index (χ2n) is 2.53. The predicted molar refractivity (Wildman–Crippen MR) is 43.7 cm³/mol. The van der Waals surface area contributed by atoms with Gasteiger partial charge in [0.05, 0.1) is 11.6 Å². The number of aromatic amines is 1. The first-order chi connectivity index (χ1) is 6.31. The third kappa shape index (κ3) is 1.24. The zero-order valence-electron chi connectivity index (χ0n) is 6.49. The molecule has 4 nitrogen and oxygen atoms in total. The van der Waals surface area contributed by atoms with Crippen molar-refractivity contribution < 1.29 is 9.37 Å². The van der Waals surface area contributed by atoms with Crippen LogP contribution in [0.15, 0.2) is 29.8 Å². The molecule has 0 unspecified atom stereocenters. The van der Waals surface area contributed by atoms with Crippen LogP contribution in [0.5, 0.6) is 0 Å². The minimum Gasteiger partial charge on any atom is -0.250 e. The molecule has 0 radical (unpaired) electrons. The Labute approximate surface area is 72.4 Å². The zero-order valence-corrected chi connectivity index (χ0v) is 6.49. The van der Waals surface area contributed by atoms with Crippen molar-refractivity contribution in [1.82, 2.24) is 4.98 Å². The maximum Gasteiger partial charge on any atom is 0.212 e. The Bertz CT molecular complexity index is 472. The number of rotatable bonds is 1. The molecule has 0 aliphatic rings. The van der Waals surface area contributed by atoms with E-state index < -0.39 is 5.82 Å². The minimum atomic E-state index is -0.449. The van der Waals surface area contributed by atoms with Crippen LogP contribution in [0.1, 0.15) is 0 Å². The normalized spacial score (nSPS) is 10.2. The highest BCUT2D eigenvalue weighted by Gasteiger charge is 2.06. The van der Waals surface area contributed by atoms with Crippen molar-refractivity contribution in [3.63, 3.8) is 0 Å². The Hall–Kier alpha value is -1.91. The summed E-state index contributed by atoms with van der Waals surface area (Å²) in [4.78, 5) is 16.5. The lowest BCUT2D eigenvalue weighted by Gasteiger charge is -1.93. The summed E-state index contributed by atoms with van der Waals surface area (Å²) in [6.45, 7) is 0. The van der Waals surface area contributed by atoms with E-state index in [0.29, 0.717) is 5.39 Å². The van der Waals surface area contributed by atoms with Crippen LogP contribution in [0.4, 0.5) is 10.1 Å². The van der Waals surface area contributed by atoms with Crippen molar-refractivity contribution in [2.24, 2.45) is 5.18 Å². The van der Waals surface area contributed by atoms with Crippen LogP contribution in [0.3, 0.4) is 0 Å². The lowest BCUT2D eigenvalue weighted by Crippen LogP contribution is -2.01. The van der Waals surface area contributed by atoms with Crippen LogP contribution < -0.4 is 4.98 Å². The maximum atomic E-state index is 13.0. The molecule has 0 aromatic carbocycles. The lowest BCUT2D eigenvalue weighted by atomic mass is 10.2. The van der Waals surface area contributed by atoms with Gasteiger partial charge in [-0.25, -0.2) is 4.98 Å². The molecule has 2 aromatic heterocycles. The average Bonchev–Trinajstić information content (AvgIpc) is 2.18. The first-order valence-corrected chi connectivity index (χ1v) is 3.60. The highest BCUT2D eigenvalue weighted by molar-refractivity contribution is 5.79. The van der Waals surface area contributed by atoms with Crippen molar-refractivity contribution >= 4 is 16.6 Å². The van der Waals surface area contributed by atoms with Gasteiger partial charge in [0, 0.05) is 0 Å². The number of fused-ring (bicyclic) bond motifs is 1. The smallest absolute Gasteiger partial charge is 0.212 e. The van der Waals surface area contributed by atoms with E-state index in [1.807, 2.05) is 0 Å². The summed E-state index contributed by atoms with van der Waals surface area (Å²) in [5, 5.41) is 3.23. The number of H-pyrrole nitrogens is 1. The third-order valence-electron chi connectivity index (χ3n) is 1.68. The van der Waals surface area contributed by atoms with Crippen LogP contribution in [0.25, 0.3) is 10.9 Å². The van der Waals surface area contributed by atoms with Gasteiger partial charge in [-0.15, -0.1) is 4.91 Å². The number of nitrogens with zero attached hydrogens (tertiary/aromatic N) is 2. The van der Waals surface area contributed by atoms with Crippen molar-refractivity contribution in [2.75, 3.05) is 0 Å². The molecule has 2 aromatic rings. The summed E-state index contributed by atoms with van der Waals surface area (Å²) < 4.78 is 13.0. The Kier molecular flexibility index (Phi) is 1.70. The molecular weight excluding hydrogens is 173 g/mol. The second-order valence-corrected chi connectivity index (χ2v) is 2.53. The van der Waals surface area contributed by atoms with Gasteiger partial charge in [-0.05, 0) is 11.2 Å². The van der Waals surface area contributed by atoms with Gasteiger partial charge >= 0.3 is 0 Å². The number of nitrogens with one attached hydrogen (secondary N) is 1. The van der Waals surface area contributed by atoms with E-state index in [-0.39, 0.29) is 11.2 Å².